The molecule has 2 heterocycles. The van der Waals surface area contributed by atoms with E-state index in [0.717, 1.165) is 17.8 Å². The van der Waals surface area contributed by atoms with E-state index in [2.05, 4.69) is 0 Å². The van der Waals surface area contributed by atoms with Crippen LogP contribution in [-0.4, -0.2) is 45.1 Å². The predicted molar refractivity (Wildman–Crippen MR) is 117 cm³/mol. The Hall–Kier alpha value is -3.71. The van der Waals surface area contributed by atoms with E-state index in [-0.39, 0.29) is 11.6 Å². The first-order valence-electron chi connectivity index (χ1n) is 9.62. The molecule has 30 heavy (non-hydrogen) atoms. The van der Waals surface area contributed by atoms with Gasteiger partial charge < -0.3 is 14.6 Å². The Labute approximate surface area is 174 Å². The second kappa shape index (κ2) is 7.96. The smallest absolute Gasteiger partial charge is 0.270 e. The molecule has 0 aliphatic rings. The van der Waals surface area contributed by atoms with Crippen LogP contribution in [0.15, 0.2) is 66.9 Å². The Bertz CT molecular complexity index is 1220. The number of non-ortho nitro benzene ring substituents is 1. The Kier molecular flexibility index (Phi) is 5.20. The lowest BCUT2D eigenvalue weighted by Crippen LogP contribution is -2.17. The van der Waals surface area contributed by atoms with Crippen LogP contribution in [-0.2, 0) is 6.54 Å². The van der Waals surface area contributed by atoms with Crippen LogP contribution >= 0.6 is 0 Å². The zero-order chi connectivity index (χ0) is 21.3. The van der Waals surface area contributed by atoms with E-state index >= 15 is 0 Å². The fraction of sp³-hybridized carbons (Fsp3) is 0.174. The standard InChI is InChI=1S/C23H22N4O3/c1-25(2)11-12-26-15-21-22(23(26)28)19(17-9-6-10-18(13-17)27(29)30)14-20(24-21)16-7-4-3-5-8-16/h3-10,13-15,28H,11-12H2,1-2H3. The van der Waals surface area contributed by atoms with Crippen LogP contribution in [0, 0.1) is 10.1 Å². The molecule has 0 radical (unpaired) electrons. The van der Waals surface area contributed by atoms with Gasteiger partial charge in [0.2, 0.25) is 5.88 Å². The van der Waals surface area contributed by atoms with Gasteiger partial charge in [0.25, 0.3) is 5.69 Å². The maximum Gasteiger partial charge on any atom is 0.270 e. The molecule has 0 atom stereocenters. The number of pyridine rings is 1. The molecule has 152 valence electrons. The molecule has 4 aromatic rings. The number of aromatic hydroxyl groups is 1. The molecular formula is C23H22N4O3. The van der Waals surface area contributed by atoms with Crippen molar-refractivity contribution in [2.75, 3.05) is 20.6 Å². The molecule has 7 heteroatoms. The van der Waals surface area contributed by atoms with E-state index in [4.69, 9.17) is 4.98 Å². The normalized spacial score (nSPS) is 11.3. The average Bonchev–Trinajstić information content (AvgIpc) is 3.08. The Balaban J connectivity index is 1.95. The van der Waals surface area contributed by atoms with E-state index in [1.807, 2.05) is 67.7 Å². The van der Waals surface area contributed by atoms with Gasteiger partial charge in [0.05, 0.1) is 21.5 Å². The van der Waals surface area contributed by atoms with Gasteiger partial charge in [-0.2, -0.15) is 0 Å². The summed E-state index contributed by atoms with van der Waals surface area (Å²) in [4.78, 5) is 17.7. The van der Waals surface area contributed by atoms with Gasteiger partial charge in [-0.1, -0.05) is 42.5 Å². The molecule has 0 saturated heterocycles. The minimum Gasteiger partial charge on any atom is -0.494 e. The SMILES string of the molecule is CN(C)CCn1cc2nc(-c3ccccc3)cc(-c3cccc([N+](=O)[O-])c3)c2c1O. The molecule has 0 aliphatic heterocycles. The summed E-state index contributed by atoms with van der Waals surface area (Å²) in [5, 5.41) is 22.8. The van der Waals surface area contributed by atoms with Crippen molar-refractivity contribution in [3.8, 4) is 28.3 Å². The van der Waals surface area contributed by atoms with Crippen molar-refractivity contribution in [1.29, 1.82) is 0 Å². The lowest BCUT2D eigenvalue weighted by atomic mass is 9.99. The quantitative estimate of drug-likeness (QED) is 0.378. The van der Waals surface area contributed by atoms with Crippen LogP contribution in [0.25, 0.3) is 33.3 Å². The molecule has 0 aliphatic carbocycles. The van der Waals surface area contributed by atoms with Crippen molar-refractivity contribution in [2.24, 2.45) is 0 Å². The summed E-state index contributed by atoms with van der Waals surface area (Å²) >= 11 is 0. The van der Waals surface area contributed by atoms with Gasteiger partial charge in [0.15, 0.2) is 0 Å². The van der Waals surface area contributed by atoms with E-state index < -0.39 is 4.92 Å². The number of nitrogens with zero attached hydrogens (tertiary/aromatic N) is 4. The van der Waals surface area contributed by atoms with Gasteiger partial charge >= 0.3 is 0 Å². The zero-order valence-corrected chi connectivity index (χ0v) is 16.8. The highest BCUT2D eigenvalue weighted by Gasteiger charge is 2.18. The lowest BCUT2D eigenvalue weighted by molar-refractivity contribution is -0.384. The number of hydrogen-bond donors (Lipinski definition) is 1. The van der Waals surface area contributed by atoms with Crippen LogP contribution in [0.3, 0.4) is 0 Å². The monoisotopic (exact) mass is 402 g/mol. The minimum absolute atomic E-state index is 0.00486. The van der Waals surface area contributed by atoms with E-state index in [0.29, 0.717) is 28.6 Å². The number of likely N-dealkylation sites (N-methyl/N-ethyl adjacent to an activating group) is 1. The summed E-state index contributed by atoms with van der Waals surface area (Å²) in [6.07, 6.45) is 1.83. The minimum atomic E-state index is -0.415. The van der Waals surface area contributed by atoms with Crippen LogP contribution in [0.4, 0.5) is 5.69 Å². The van der Waals surface area contributed by atoms with E-state index in [1.165, 1.54) is 12.1 Å². The summed E-state index contributed by atoms with van der Waals surface area (Å²) in [5.74, 6) is 0.112. The fourth-order valence-corrected chi connectivity index (χ4v) is 3.50. The highest BCUT2D eigenvalue weighted by Crippen LogP contribution is 2.38. The van der Waals surface area contributed by atoms with Crippen molar-refractivity contribution in [3.63, 3.8) is 0 Å². The van der Waals surface area contributed by atoms with Crippen LogP contribution in [0.1, 0.15) is 0 Å². The van der Waals surface area contributed by atoms with Gasteiger partial charge in [-0.3, -0.25) is 10.1 Å². The third kappa shape index (κ3) is 3.75. The molecule has 0 spiro atoms. The highest BCUT2D eigenvalue weighted by atomic mass is 16.6. The summed E-state index contributed by atoms with van der Waals surface area (Å²) in [5.41, 5.74) is 3.71. The topological polar surface area (TPSA) is 84.4 Å². The molecule has 2 aromatic carbocycles. The summed E-state index contributed by atoms with van der Waals surface area (Å²) in [6.45, 7) is 1.36. The molecule has 1 N–H and O–H groups in total. The van der Waals surface area contributed by atoms with Gasteiger partial charge in [0.1, 0.15) is 0 Å². The number of aromatic nitrogens is 2. The first-order valence-corrected chi connectivity index (χ1v) is 9.62. The molecule has 0 bridgehead atoms. The average molecular weight is 402 g/mol. The number of hydrogen-bond acceptors (Lipinski definition) is 5. The molecule has 2 aromatic heterocycles. The summed E-state index contributed by atoms with van der Waals surface area (Å²) in [7, 11) is 3.95. The molecule has 0 amide bonds. The molecule has 0 fully saturated rings. The Morgan fingerprint density at radius 2 is 1.80 bits per heavy atom. The highest BCUT2D eigenvalue weighted by molar-refractivity contribution is 6.00. The fourth-order valence-electron chi connectivity index (χ4n) is 3.50. The number of fused-ring (bicyclic) bond motifs is 1. The summed E-state index contributed by atoms with van der Waals surface area (Å²) in [6, 6.07) is 18.1. The molecule has 0 saturated carbocycles. The van der Waals surface area contributed by atoms with Crippen molar-refractivity contribution < 1.29 is 10.0 Å². The Morgan fingerprint density at radius 3 is 2.50 bits per heavy atom. The first-order chi connectivity index (χ1) is 14.4. The molecule has 4 rings (SSSR count). The maximum absolute atomic E-state index is 11.3. The first kappa shape index (κ1) is 19.6. The van der Waals surface area contributed by atoms with E-state index in [9.17, 15) is 15.2 Å². The van der Waals surface area contributed by atoms with Gasteiger partial charge in [0, 0.05) is 37.0 Å². The third-order valence-electron chi connectivity index (χ3n) is 5.05. The molecule has 0 unspecified atom stereocenters. The number of nitro groups is 1. The third-order valence-corrected chi connectivity index (χ3v) is 5.05. The predicted octanol–water partition coefficient (Wildman–Crippen LogP) is 4.55. The van der Waals surface area contributed by atoms with E-state index in [1.54, 1.807) is 10.6 Å². The van der Waals surface area contributed by atoms with Crippen LogP contribution in [0.2, 0.25) is 0 Å². The van der Waals surface area contributed by atoms with Gasteiger partial charge in [-0.05, 0) is 31.3 Å². The Morgan fingerprint density at radius 1 is 1.07 bits per heavy atom. The van der Waals surface area contributed by atoms with Crippen molar-refractivity contribution in [3.05, 3.63) is 77.0 Å². The molecule has 7 nitrogen and oxygen atoms in total. The van der Waals surface area contributed by atoms with Crippen LogP contribution < -0.4 is 0 Å². The second-order valence-corrected chi connectivity index (χ2v) is 7.44. The zero-order valence-electron chi connectivity index (χ0n) is 16.8. The number of nitro benzene ring substituents is 1. The van der Waals surface area contributed by atoms with Gasteiger partial charge in [-0.25, -0.2) is 4.98 Å². The van der Waals surface area contributed by atoms with Gasteiger partial charge in [-0.15, -0.1) is 0 Å². The molecular weight excluding hydrogens is 380 g/mol. The van der Waals surface area contributed by atoms with Crippen molar-refractivity contribution in [1.82, 2.24) is 14.5 Å². The second-order valence-electron chi connectivity index (χ2n) is 7.44. The van der Waals surface area contributed by atoms with Crippen molar-refractivity contribution in [2.45, 2.75) is 6.54 Å². The van der Waals surface area contributed by atoms with Crippen molar-refractivity contribution >= 4 is 16.6 Å². The number of rotatable bonds is 6. The maximum atomic E-state index is 11.3. The number of benzene rings is 2. The van der Waals surface area contributed by atoms with Crippen LogP contribution in [0.5, 0.6) is 5.88 Å². The lowest BCUT2D eigenvalue weighted by Gasteiger charge is -2.11. The summed E-state index contributed by atoms with van der Waals surface area (Å²) < 4.78 is 1.77. The largest absolute Gasteiger partial charge is 0.494 e.